The lowest BCUT2D eigenvalue weighted by Crippen LogP contribution is -2.37. The van der Waals surface area contributed by atoms with E-state index in [1.54, 1.807) is 18.2 Å². The Morgan fingerprint density at radius 2 is 1.72 bits per heavy atom. The summed E-state index contributed by atoms with van der Waals surface area (Å²) < 4.78 is 0. The van der Waals surface area contributed by atoms with Crippen LogP contribution in [0.15, 0.2) is 48.5 Å². The Morgan fingerprint density at radius 3 is 2.36 bits per heavy atom. The summed E-state index contributed by atoms with van der Waals surface area (Å²) in [6.45, 7) is 0. The van der Waals surface area contributed by atoms with E-state index in [1.165, 1.54) is 0 Å². The highest BCUT2D eigenvalue weighted by Crippen LogP contribution is 2.22. The van der Waals surface area contributed by atoms with Crippen molar-refractivity contribution >= 4 is 35.1 Å². The number of benzene rings is 2. The van der Waals surface area contributed by atoms with Gasteiger partial charge in [0.15, 0.2) is 0 Å². The summed E-state index contributed by atoms with van der Waals surface area (Å²) in [4.78, 5) is 23.3. The zero-order valence-corrected chi connectivity index (χ0v) is 15.1. The second kappa shape index (κ2) is 9.44. The molecule has 0 saturated heterocycles. The lowest BCUT2D eigenvalue weighted by molar-refractivity contribution is -0.137. The quantitative estimate of drug-likeness (QED) is 0.724. The van der Waals surface area contributed by atoms with Gasteiger partial charge < -0.3 is 10.4 Å². The molecule has 1 atom stereocenters. The molecule has 2 N–H and O–H groups in total. The number of carbonyl (C=O) groups is 2. The molecule has 0 radical (unpaired) electrons. The normalized spacial score (nSPS) is 11.8. The van der Waals surface area contributed by atoms with Crippen LogP contribution in [-0.4, -0.2) is 23.0 Å². The molecule has 0 aromatic heterocycles. The minimum Gasteiger partial charge on any atom is -0.481 e. The van der Waals surface area contributed by atoms with E-state index in [9.17, 15) is 9.59 Å². The standard InChI is InChI=1S/C19H19Cl2NO3/c20-16-9-7-14(10-17(16)21)11-18(23)22-15(12-19(24)25)8-6-13-4-2-1-3-5-13/h1-5,7,9-10,15H,6,8,11-12H2,(H,22,23)(H,24,25)/t15-/m0/s1. The Morgan fingerprint density at radius 1 is 1.00 bits per heavy atom. The maximum Gasteiger partial charge on any atom is 0.305 e. The Labute approximate surface area is 156 Å². The van der Waals surface area contributed by atoms with Gasteiger partial charge in [-0.2, -0.15) is 0 Å². The van der Waals surface area contributed by atoms with Crippen LogP contribution in [0.25, 0.3) is 0 Å². The van der Waals surface area contributed by atoms with Gasteiger partial charge in [-0.15, -0.1) is 0 Å². The third kappa shape index (κ3) is 6.77. The Bertz CT molecular complexity index is 735. The first-order valence-electron chi connectivity index (χ1n) is 7.93. The molecule has 0 saturated carbocycles. The maximum absolute atomic E-state index is 12.2. The molecule has 0 aliphatic rings. The van der Waals surface area contributed by atoms with Gasteiger partial charge in [0.1, 0.15) is 0 Å². The van der Waals surface area contributed by atoms with Crippen LogP contribution in [-0.2, 0) is 22.4 Å². The molecule has 4 nitrogen and oxygen atoms in total. The molecular formula is C19H19Cl2NO3. The van der Waals surface area contributed by atoms with Gasteiger partial charge in [0.05, 0.1) is 22.9 Å². The van der Waals surface area contributed by atoms with Crippen LogP contribution >= 0.6 is 23.2 Å². The fourth-order valence-corrected chi connectivity index (χ4v) is 2.86. The monoisotopic (exact) mass is 379 g/mol. The number of aryl methyl sites for hydroxylation is 1. The average Bonchev–Trinajstić information content (AvgIpc) is 2.56. The Kier molecular flexibility index (Phi) is 7.29. The predicted octanol–water partition coefficient (Wildman–Crippen LogP) is 4.13. The number of carboxylic acids is 1. The van der Waals surface area contributed by atoms with Gasteiger partial charge in [-0.3, -0.25) is 9.59 Å². The fourth-order valence-electron chi connectivity index (χ4n) is 2.54. The van der Waals surface area contributed by atoms with Crippen molar-refractivity contribution in [2.45, 2.75) is 31.7 Å². The van der Waals surface area contributed by atoms with E-state index in [-0.39, 0.29) is 18.7 Å². The van der Waals surface area contributed by atoms with Crippen molar-refractivity contribution in [1.29, 1.82) is 0 Å². The summed E-state index contributed by atoms with van der Waals surface area (Å²) in [5.74, 6) is -1.18. The van der Waals surface area contributed by atoms with Gasteiger partial charge in [0.2, 0.25) is 5.91 Å². The topological polar surface area (TPSA) is 66.4 Å². The molecule has 0 bridgehead atoms. The van der Waals surface area contributed by atoms with Crippen LogP contribution < -0.4 is 5.32 Å². The van der Waals surface area contributed by atoms with E-state index < -0.39 is 12.0 Å². The Hall–Kier alpha value is -2.04. The highest BCUT2D eigenvalue weighted by molar-refractivity contribution is 6.42. The van der Waals surface area contributed by atoms with Crippen molar-refractivity contribution in [3.63, 3.8) is 0 Å². The van der Waals surface area contributed by atoms with Gasteiger partial charge in [0, 0.05) is 6.04 Å². The lowest BCUT2D eigenvalue weighted by atomic mass is 10.0. The molecule has 2 rings (SSSR count). The first kappa shape index (κ1) is 19.3. The summed E-state index contributed by atoms with van der Waals surface area (Å²) in [7, 11) is 0. The van der Waals surface area contributed by atoms with Gasteiger partial charge >= 0.3 is 5.97 Å². The van der Waals surface area contributed by atoms with Crippen molar-refractivity contribution in [2.75, 3.05) is 0 Å². The molecule has 25 heavy (non-hydrogen) atoms. The largest absolute Gasteiger partial charge is 0.481 e. The van der Waals surface area contributed by atoms with Crippen molar-refractivity contribution in [3.05, 3.63) is 69.7 Å². The van der Waals surface area contributed by atoms with E-state index in [4.69, 9.17) is 28.3 Å². The Balaban J connectivity index is 1.94. The van der Waals surface area contributed by atoms with Crippen LogP contribution in [0.4, 0.5) is 0 Å². The van der Waals surface area contributed by atoms with Gasteiger partial charge in [-0.25, -0.2) is 0 Å². The van der Waals surface area contributed by atoms with Crippen molar-refractivity contribution < 1.29 is 14.7 Å². The summed E-state index contributed by atoms with van der Waals surface area (Å²) in [6.07, 6.45) is 1.27. The van der Waals surface area contributed by atoms with Crippen molar-refractivity contribution in [3.8, 4) is 0 Å². The minimum atomic E-state index is -0.937. The van der Waals surface area contributed by atoms with Crippen LogP contribution in [0.2, 0.25) is 10.0 Å². The number of carboxylic acid groups (broad SMARTS) is 1. The van der Waals surface area contributed by atoms with E-state index in [2.05, 4.69) is 5.32 Å². The molecule has 0 aliphatic heterocycles. The predicted molar refractivity (Wildman–Crippen MR) is 99.1 cm³/mol. The SMILES string of the molecule is O=C(O)C[C@H](CCc1ccccc1)NC(=O)Cc1ccc(Cl)c(Cl)c1. The van der Waals surface area contributed by atoms with Crippen molar-refractivity contribution in [1.82, 2.24) is 5.32 Å². The van der Waals surface area contributed by atoms with Gasteiger partial charge in [0.25, 0.3) is 0 Å². The molecule has 0 fully saturated rings. The van der Waals surface area contributed by atoms with Gasteiger partial charge in [-0.1, -0.05) is 59.6 Å². The first-order valence-corrected chi connectivity index (χ1v) is 8.68. The zero-order valence-electron chi connectivity index (χ0n) is 13.5. The summed E-state index contributed by atoms with van der Waals surface area (Å²) in [6, 6.07) is 14.3. The summed E-state index contributed by atoms with van der Waals surface area (Å²) in [5, 5.41) is 12.7. The summed E-state index contributed by atoms with van der Waals surface area (Å²) >= 11 is 11.8. The maximum atomic E-state index is 12.2. The number of carbonyl (C=O) groups excluding carboxylic acids is 1. The zero-order chi connectivity index (χ0) is 18.2. The molecule has 0 spiro atoms. The van der Waals surface area contributed by atoms with Crippen LogP contribution in [0.1, 0.15) is 24.0 Å². The average molecular weight is 380 g/mol. The molecule has 2 aromatic rings. The fraction of sp³-hybridized carbons (Fsp3) is 0.263. The first-order chi connectivity index (χ1) is 11.9. The highest BCUT2D eigenvalue weighted by Gasteiger charge is 2.16. The molecule has 0 unspecified atom stereocenters. The lowest BCUT2D eigenvalue weighted by Gasteiger charge is -2.17. The number of rotatable bonds is 8. The number of amides is 1. The molecule has 0 heterocycles. The summed E-state index contributed by atoms with van der Waals surface area (Å²) in [5.41, 5.74) is 1.83. The molecule has 6 heteroatoms. The molecular weight excluding hydrogens is 361 g/mol. The van der Waals surface area contributed by atoms with Crippen molar-refractivity contribution in [2.24, 2.45) is 0 Å². The van der Waals surface area contributed by atoms with E-state index >= 15 is 0 Å². The van der Waals surface area contributed by atoms with E-state index in [0.29, 0.717) is 22.9 Å². The van der Waals surface area contributed by atoms with Crippen LogP contribution in [0.3, 0.4) is 0 Å². The number of halogens is 2. The van der Waals surface area contributed by atoms with E-state index in [1.807, 2.05) is 30.3 Å². The molecule has 1 amide bonds. The molecule has 2 aromatic carbocycles. The second-order valence-corrected chi connectivity index (χ2v) is 6.63. The molecule has 0 aliphatic carbocycles. The van der Waals surface area contributed by atoms with E-state index in [0.717, 1.165) is 11.1 Å². The number of nitrogens with one attached hydrogen (secondary N) is 1. The highest BCUT2D eigenvalue weighted by atomic mass is 35.5. The smallest absolute Gasteiger partial charge is 0.305 e. The minimum absolute atomic E-state index is 0.111. The molecule has 132 valence electrons. The number of aliphatic carboxylic acids is 1. The number of hydrogen-bond donors (Lipinski definition) is 2. The second-order valence-electron chi connectivity index (χ2n) is 5.81. The third-order valence-corrected chi connectivity index (χ3v) is 4.50. The van der Waals surface area contributed by atoms with Crippen LogP contribution in [0, 0.1) is 0 Å². The van der Waals surface area contributed by atoms with Gasteiger partial charge in [-0.05, 0) is 36.1 Å². The number of hydrogen-bond acceptors (Lipinski definition) is 2. The third-order valence-electron chi connectivity index (χ3n) is 3.76. The van der Waals surface area contributed by atoms with Crippen LogP contribution in [0.5, 0.6) is 0 Å².